The van der Waals surface area contributed by atoms with Gasteiger partial charge < -0.3 is 10.1 Å². The molecule has 2 aromatic carbocycles. The van der Waals surface area contributed by atoms with Crippen LogP contribution in [0.4, 0.5) is 0 Å². The first-order valence-electron chi connectivity index (χ1n) is 6.31. The summed E-state index contributed by atoms with van der Waals surface area (Å²) in [6.45, 7) is 0.929. The Hall–Kier alpha value is -1.80. The summed E-state index contributed by atoms with van der Waals surface area (Å²) < 4.78 is 5.45. The molecule has 92 valence electrons. The third-order valence-corrected chi connectivity index (χ3v) is 3.60. The van der Waals surface area contributed by atoms with Crippen molar-refractivity contribution in [2.24, 2.45) is 0 Å². The van der Waals surface area contributed by atoms with Crippen molar-refractivity contribution < 1.29 is 4.74 Å². The molecule has 0 saturated heterocycles. The van der Waals surface area contributed by atoms with Gasteiger partial charge in [-0.05, 0) is 23.6 Å². The maximum atomic E-state index is 5.45. The van der Waals surface area contributed by atoms with Gasteiger partial charge in [0.2, 0.25) is 0 Å². The molecule has 0 spiro atoms. The fourth-order valence-corrected chi connectivity index (χ4v) is 2.63. The van der Waals surface area contributed by atoms with E-state index in [1.165, 1.54) is 16.7 Å². The Morgan fingerprint density at radius 2 is 1.72 bits per heavy atom. The molecule has 0 saturated carbocycles. The minimum Gasteiger partial charge on any atom is -0.496 e. The predicted molar refractivity (Wildman–Crippen MR) is 72.7 cm³/mol. The molecule has 0 amide bonds. The molecule has 3 rings (SSSR count). The summed E-state index contributed by atoms with van der Waals surface area (Å²) in [6, 6.07) is 17.2. The van der Waals surface area contributed by atoms with Gasteiger partial charge in [0, 0.05) is 18.2 Å². The minimum absolute atomic E-state index is 0.344. The number of para-hydroxylation sites is 1. The summed E-state index contributed by atoms with van der Waals surface area (Å²) in [5.41, 5.74) is 4.09. The Balaban J connectivity index is 1.92. The zero-order valence-corrected chi connectivity index (χ0v) is 10.5. The van der Waals surface area contributed by atoms with E-state index in [4.69, 9.17) is 4.74 Å². The second-order valence-electron chi connectivity index (χ2n) is 4.65. The normalized spacial score (nSPS) is 18.2. The topological polar surface area (TPSA) is 21.3 Å². The molecule has 1 atom stereocenters. The zero-order chi connectivity index (χ0) is 12.4. The van der Waals surface area contributed by atoms with E-state index in [9.17, 15) is 0 Å². The lowest BCUT2D eigenvalue weighted by Gasteiger charge is -2.27. The number of benzene rings is 2. The average Bonchev–Trinajstić information content (AvgIpc) is 2.46. The van der Waals surface area contributed by atoms with Gasteiger partial charge in [0.1, 0.15) is 5.75 Å². The summed E-state index contributed by atoms with van der Waals surface area (Å²) in [6.07, 6.45) is 1.02. The molecule has 2 aromatic rings. The van der Waals surface area contributed by atoms with Crippen molar-refractivity contribution in [3.05, 3.63) is 65.2 Å². The largest absolute Gasteiger partial charge is 0.496 e. The maximum absolute atomic E-state index is 5.45. The van der Waals surface area contributed by atoms with Gasteiger partial charge >= 0.3 is 0 Å². The van der Waals surface area contributed by atoms with Crippen LogP contribution < -0.4 is 10.1 Å². The average molecular weight is 239 g/mol. The highest BCUT2D eigenvalue weighted by atomic mass is 16.5. The van der Waals surface area contributed by atoms with Crippen molar-refractivity contribution in [3.8, 4) is 5.75 Å². The summed E-state index contributed by atoms with van der Waals surface area (Å²) >= 11 is 0. The van der Waals surface area contributed by atoms with Crippen molar-refractivity contribution in [3.63, 3.8) is 0 Å². The lowest BCUT2D eigenvalue weighted by Crippen LogP contribution is -2.28. The van der Waals surface area contributed by atoms with Crippen LogP contribution in [-0.4, -0.2) is 7.11 Å². The van der Waals surface area contributed by atoms with Crippen molar-refractivity contribution in [2.45, 2.75) is 19.0 Å². The number of nitrogens with one attached hydrogen (secondary N) is 1. The van der Waals surface area contributed by atoms with Crippen molar-refractivity contribution in [1.29, 1.82) is 0 Å². The summed E-state index contributed by atoms with van der Waals surface area (Å²) in [7, 11) is 1.73. The maximum Gasteiger partial charge on any atom is 0.123 e. The Kier molecular flexibility index (Phi) is 3.03. The van der Waals surface area contributed by atoms with Crippen LogP contribution in [0.5, 0.6) is 5.75 Å². The first-order chi connectivity index (χ1) is 8.88. The van der Waals surface area contributed by atoms with Crippen LogP contribution in [0, 0.1) is 0 Å². The van der Waals surface area contributed by atoms with Gasteiger partial charge in [0.05, 0.1) is 7.11 Å². The standard InChI is InChI=1S/C16H17NO/c1-18-16-9-5-4-8-14(16)15-10-12-6-2-3-7-13(12)11-17-15/h2-9,15,17H,10-11H2,1H3. The fraction of sp³-hybridized carbons (Fsp3) is 0.250. The fourth-order valence-electron chi connectivity index (χ4n) is 2.63. The molecule has 0 aliphatic carbocycles. The zero-order valence-electron chi connectivity index (χ0n) is 10.5. The Morgan fingerprint density at radius 1 is 1.00 bits per heavy atom. The van der Waals surface area contributed by atoms with Gasteiger partial charge in [0.15, 0.2) is 0 Å². The van der Waals surface area contributed by atoms with E-state index < -0.39 is 0 Å². The number of rotatable bonds is 2. The Labute approximate surface area is 108 Å². The highest BCUT2D eigenvalue weighted by Crippen LogP contribution is 2.31. The van der Waals surface area contributed by atoms with Crippen LogP contribution in [0.25, 0.3) is 0 Å². The van der Waals surface area contributed by atoms with E-state index >= 15 is 0 Å². The van der Waals surface area contributed by atoms with E-state index in [1.54, 1.807) is 7.11 Å². The molecule has 2 heteroatoms. The van der Waals surface area contributed by atoms with Gasteiger partial charge in [-0.15, -0.1) is 0 Å². The number of ether oxygens (including phenoxy) is 1. The second kappa shape index (κ2) is 4.83. The molecular weight excluding hydrogens is 222 g/mol. The van der Waals surface area contributed by atoms with Crippen molar-refractivity contribution in [2.75, 3.05) is 7.11 Å². The SMILES string of the molecule is COc1ccccc1C1Cc2ccccc2CN1. The number of hydrogen-bond acceptors (Lipinski definition) is 2. The van der Waals surface area contributed by atoms with Crippen LogP contribution in [0.2, 0.25) is 0 Å². The molecule has 2 nitrogen and oxygen atoms in total. The van der Waals surface area contributed by atoms with E-state index in [2.05, 4.69) is 41.7 Å². The van der Waals surface area contributed by atoms with Gasteiger partial charge in [-0.25, -0.2) is 0 Å². The number of methoxy groups -OCH3 is 1. The molecule has 1 aliphatic rings. The summed E-state index contributed by atoms with van der Waals surface area (Å²) in [5, 5.41) is 3.59. The summed E-state index contributed by atoms with van der Waals surface area (Å²) in [5.74, 6) is 0.967. The predicted octanol–water partition coefficient (Wildman–Crippen LogP) is 3.08. The van der Waals surface area contributed by atoms with Crippen molar-refractivity contribution in [1.82, 2.24) is 5.32 Å². The van der Waals surface area contributed by atoms with Gasteiger partial charge in [-0.3, -0.25) is 0 Å². The monoisotopic (exact) mass is 239 g/mol. The molecular formula is C16H17NO. The second-order valence-corrected chi connectivity index (χ2v) is 4.65. The van der Waals surface area contributed by atoms with Gasteiger partial charge in [0.25, 0.3) is 0 Å². The van der Waals surface area contributed by atoms with Gasteiger partial charge in [-0.2, -0.15) is 0 Å². The van der Waals surface area contributed by atoms with E-state index in [-0.39, 0.29) is 0 Å². The Morgan fingerprint density at radius 3 is 2.56 bits per heavy atom. The molecule has 1 N–H and O–H groups in total. The summed E-state index contributed by atoms with van der Waals surface area (Å²) in [4.78, 5) is 0. The number of fused-ring (bicyclic) bond motifs is 1. The first kappa shape index (κ1) is 11.3. The highest BCUT2D eigenvalue weighted by Gasteiger charge is 2.21. The van der Waals surface area contributed by atoms with Gasteiger partial charge in [-0.1, -0.05) is 42.5 Å². The molecule has 0 radical (unpaired) electrons. The first-order valence-corrected chi connectivity index (χ1v) is 6.31. The van der Waals surface area contributed by atoms with Crippen LogP contribution in [0.3, 0.4) is 0 Å². The lowest BCUT2D eigenvalue weighted by molar-refractivity contribution is 0.394. The Bertz CT molecular complexity index is 550. The van der Waals surface area contributed by atoms with E-state index in [0.717, 1.165) is 18.7 Å². The van der Waals surface area contributed by atoms with Crippen LogP contribution in [0.15, 0.2) is 48.5 Å². The minimum atomic E-state index is 0.344. The molecule has 0 fully saturated rings. The van der Waals surface area contributed by atoms with Crippen LogP contribution in [-0.2, 0) is 13.0 Å². The molecule has 0 aromatic heterocycles. The molecule has 0 bridgehead atoms. The quantitative estimate of drug-likeness (QED) is 0.869. The number of hydrogen-bond donors (Lipinski definition) is 1. The van der Waals surface area contributed by atoms with Crippen molar-refractivity contribution >= 4 is 0 Å². The lowest BCUT2D eigenvalue weighted by atomic mass is 9.91. The smallest absolute Gasteiger partial charge is 0.123 e. The van der Waals surface area contributed by atoms with Crippen LogP contribution >= 0.6 is 0 Å². The van der Waals surface area contributed by atoms with Crippen LogP contribution in [0.1, 0.15) is 22.7 Å². The molecule has 18 heavy (non-hydrogen) atoms. The molecule has 1 unspecified atom stereocenters. The molecule has 1 heterocycles. The highest BCUT2D eigenvalue weighted by molar-refractivity contribution is 5.39. The van der Waals surface area contributed by atoms with E-state index in [1.807, 2.05) is 12.1 Å². The third-order valence-electron chi connectivity index (χ3n) is 3.60. The molecule has 1 aliphatic heterocycles. The van der Waals surface area contributed by atoms with E-state index in [0.29, 0.717) is 6.04 Å². The third kappa shape index (κ3) is 2.00.